The zero-order valence-corrected chi connectivity index (χ0v) is 11.4. The van der Waals surface area contributed by atoms with Gasteiger partial charge in [0.25, 0.3) is 0 Å². The minimum absolute atomic E-state index is 0.0160. The SMILES string of the molecule is Cc1nccnc1C(C)(CO)NCc1cccs1. The van der Waals surface area contributed by atoms with E-state index in [1.807, 2.05) is 25.3 Å². The Hall–Kier alpha value is -1.30. The van der Waals surface area contributed by atoms with Crippen LogP contribution in [0.4, 0.5) is 0 Å². The van der Waals surface area contributed by atoms with Gasteiger partial charge in [0, 0.05) is 23.8 Å². The molecule has 5 heteroatoms. The maximum Gasteiger partial charge on any atom is 0.0837 e. The van der Waals surface area contributed by atoms with E-state index in [-0.39, 0.29) is 6.61 Å². The summed E-state index contributed by atoms with van der Waals surface area (Å²) in [7, 11) is 0. The van der Waals surface area contributed by atoms with Crippen molar-refractivity contribution in [2.45, 2.75) is 25.9 Å². The molecule has 0 radical (unpaired) electrons. The van der Waals surface area contributed by atoms with Crippen molar-refractivity contribution in [3.05, 3.63) is 46.2 Å². The Morgan fingerprint density at radius 3 is 2.78 bits per heavy atom. The molecule has 1 unspecified atom stereocenters. The number of nitrogens with one attached hydrogen (secondary N) is 1. The van der Waals surface area contributed by atoms with E-state index in [1.165, 1.54) is 4.88 Å². The zero-order chi connectivity index (χ0) is 13.0. The molecule has 0 aromatic carbocycles. The molecule has 0 aliphatic carbocycles. The average Bonchev–Trinajstić information content (AvgIpc) is 2.90. The fourth-order valence-corrected chi connectivity index (χ4v) is 2.50. The molecule has 0 aliphatic rings. The van der Waals surface area contributed by atoms with Gasteiger partial charge in [0.2, 0.25) is 0 Å². The monoisotopic (exact) mass is 263 g/mol. The van der Waals surface area contributed by atoms with Gasteiger partial charge in [-0.3, -0.25) is 15.3 Å². The molecule has 2 heterocycles. The van der Waals surface area contributed by atoms with Gasteiger partial charge in [0.1, 0.15) is 0 Å². The second-order valence-corrected chi connectivity index (χ2v) is 5.45. The number of thiophene rings is 1. The van der Waals surface area contributed by atoms with E-state index in [1.54, 1.807) is 23.7 Å². The predicted octanol–water partition coefficient (Wildman–Crippen LogP) is 1.84. The molecule has 2 rings (SSSR count). The smallest absolute Gasteiger partial charge is 0.0837 e. The van der Waals surface area contributed by atoms with Crippen LogP contribution in [-0.2, 0) is 12.1 Å². The van der Waals surface area contributed by atoms with Crippen LogP contribution in [-0.4, -0.2) is 21.7 Å². The molecule has 0 bridgehead atoms. The van der Waals surface area contributed by atoms with Gasteiger partial charge in [0.15, 0.2) is 0 Å². The van der Waals surface area contributed by atoms with Crippen molar-refractivity contribution >= 4 is 11.3 Å². The third-order valence-corrected chi connectivity index (χ3v) is 3.83. The molecule has 0 saturated carbocycles. The molecule has 18 heavy (non-hydrogen) atoms. The summed E-state index contributed by atoms with van der Waals surface area (Å²) in [5.74, 6) is 0. The Morgan fingerprint density at radius 2 is 2.17 bits per heavy atom. The highest BCUT2D eigenvalue weighted by atomic mass is 32.1. The summed E-state index contributed by atoms with van der Waals surface area (Å²) in [4.78, 5) is 9.80. The van der Waals surface area contributed by atoms with Crippen LogP contribution in [0.25, 0.3) is 0 Å². The number of nitrogens with zero attached hydrogens (tertiary/aromatic N) is 2. The van der Waals surface area contributed by atoms with Crippen molar-refractivity contribution in [1.82, 2.24) is 15.3 Å². The molecule has 0 spiro atoms. The number of hydrogen-bond donors (Lipinski definition) is 2. The maximum atomic E-state index is 9.66. The maximum absolute atomic E-state index is 9.66. The van der Waals surface area contributed by atoms with Gasteiger partial charge in [-0.1, -0.05) is 6.07 Å². The minimum Gasteiger partial charge on any atom is -0.394 e. The number of hydrogen-bond acceptors (Lipinski definition) is 5. The first-order valence-electron chi connectivity index (χ1n) is 5.82. The van der Waals surface area contributed by atoms with Crippen molar-refractivity contribution in [3.63, 3.8) is 0 Å². The Bertz CT molecular complexity index is 501. The van der Waals surface area contributed by atoms with Crippen LogP contribution in [0.15, 0.2) is 29.9 Å². The molecule has 2 aromatic rings. The Balaban J connectivity index is 2.17. The van der Waals surface area contributed by atoms with E-state index in [0.29, 0.717) is 6.54 Å². The van der Waals surface area contributed by atoms with Crippen LogP contribution in [0, 0.1) is 6.92 Å². The molecule has 2 N–H and O–H groups in total. The van der Waals surface area contributed by atoms with Crippen LogP contribution >= 0.6 is 11.3 Å². The number of aliphatic hydroxyl groups excluding tert-OH is 1. The van der Waals surface area contributed by atoms with Crippen molar-refractivity contribution in [3.8, 4) is 0 Å². The lowest BCUT2D eigenvalue weighted by molar-refractivity contribution is 0.169. The van der Waals surface area contributed by atoms with Crippen LogP contribution in [0.5, 0.6) is 0 Å². The van der Waals surface area contributed by atoms with Crippen molar-refractivity contribution in [2.24, 2.45) is 0 Å². The van der Waals surface area contributed by atoms with Gasteiger partial charge in [-0.25, -0.2) is 0 Å². The summed E-state index contributed by atoms with van der Waals surface area (Å²) in [5.41, 5.74) is 1.07. The average molecular weight is 263 g/mol. The summed E-state index contributed by atoms with van der Waals surface area (Å²) in [6.45, 7) is 4.54. The van der Waals surface area contributed by atoms with Gasteiger partial charge >= 0.3 is 0 Å². The number of aryl methyl sites for hydroxylation is 1. The van der Waals surface area contributed by atoms with Gasteiger partial charge < -0.3 is 5.11 Å². The minimum atomic E-state index is -0.567. The molecule has 0 saturated heterocycles. The number of aromatic nitrogens is 2. The third kappa shape index (κ3) is 2.75. The van der Waals surface area contributed by atoms with E-state index >= 15 is 0 Å². The lowest BCUT2D eigenvalue weighted by Crippen LogP contribution is -2.43. The van der Waals surface area contributed by atoms with Crippen molar-refractivity contribution in [2.75, 3.05) is 6.61 Å². The summed E-state index contributed by atoms with van der Waals surface area (Å²) in [6.07, 6.45) is 3.32. The molecule has 1 atom stereocenters. The van der Waals surface area contributed by atoms with Gasteiger partial charge in [-0.2, -0.15) is 0 Å². The van der Waals surface area contributed by atoms with E-state index in [4.69, 9.17) is 0 Å². The van der Waals surface area contributed by atoms with Crippen LogP contribution in [0.3, 0.4) is 0 Å². The largest absolute Gasteiger partial charge is 0.394 e. The van der Waals surface area contributed by atoms with Crippen LogP contribution < -0.4 is 5.32 Å². The highest BCUT2D eigenvalue weighted by molar-refractivity contribution is 7.09. The highest BCUT2D eigenvalue weighted by Crippen LogP contribution is 2.21. The van der Waals surface area contributed by atoms with Crippen LogP contribution in [0.1, 0.15) is 23.2 Å². The standard InChI is InChI=1S/C13H17N3OS/c1-10-12(15-6-5-14-10)13(2,9-17)16-8-11-4-3-7-18-11/h3-7,16-17H,8-9H2,1-2H3. The first-order valence-corrected chi connectivity index (χ1v) is 6.70. The number of rotatable bonds is 5. The quantitative estimate of drug-likeness (QED) is 0.864. The van der Waals surface area contributed by atoms with E-state index in [2.05, 4.69) is 21.4 Å². The molecule has 0 aliphatic heterocycles. The normalized spacial score (nSPS) is 14.4. The van der Waals surface area contributed by atoms with Gasteiger partial charge in [-0.15, -0.1) is 11.3 Å². The summed E-state index contributed by atoms with van der Waals surface area (Å²) >= 11 is 1.69. The first-order chi connectivity index (χ1) is 8.65. The molecular formula is C13H17N3OS. The van der Waals surface area contributed by atoms with Crippen molar-refractivity contribution < 1.29 is 5.11 Å². The third-order valence-electron chi connectivity index (χ3n) is 2.95. The van der Waals surface area contributed by atoms with E-state index in [0.717, 1.165) is 11.4 Å². The lowest BCUT2D eigenvalue weighted by atomic mass is 9.96. The zero-order valence-electron chi connectivity index (χ0n) is 10.6. The molecule has 0 fully saturated rings. The predicted molar refractivity (Wildman–Crippen MR) is 72.4 cm³/mol. The van der Waals surface area contributed by atoms with Crippen molar-refractivity contribution in [1.29, 1.82) is 0 Å². The van der Waals surface area contributed by atoms with Gasteiger partial charge in [0.05, 0.1) is 23.5 Å². The molecule has 0 amide bonds. The van der Waals surface area contributed by atoms with Gasteiger partial charge in [-0.05, 0) is 25.3 Å². The van der Waals surface area contributed by atoms with E-state index < -0.39 is 5.54 Å². The summed E-state index contributed by atoms with van der Waals surface area (Å²) in [5, 5.41) is 15.1. The van der Waals surface area contributed by atoms with E-state index in [9.17, 15) is 5.11 Å². The topological polar surface area (TPSA) is 58.0 Å². The number of aliphatic hydroxyl groups is 1. The highest BCUT2D eigenvalue weighted by Gasteiger charge is 2.28. The molecule has 96 valence electrons. The first kappa shape index (κ1) is 13.1. The fraction of sp³-hybridized carbons (Fsp3) is 0.385. The molecule has 4 nitrogen and oxygen atoms in total. The molecule has 2 aromatic heterocycles. The Morgan fingerprint density at radius 1 is 1.39 bits per heavy atom. The Kier molecular flexibility index (Phi) is 4.06. The second-order valence-electron chi connectivity index (χ2n) is 4.41. The summed E-state index contributed by atoms with van der Waals surface area (Å²) < 4.78 is 0. The second kappa shape index (κ2) is 5.56. The van der Waals surface area contributed by atoms with Crippen LogP contribution in [0.2, 0.25) is 0 Å². The molecular weight excluding hydrogens is 246 g/mol. The Labute approximate surface area is 111 Å². The summed E-state index contributed by atoms with van der Waals surface area (Å²) in [6, 6.07) is 4.09. The fourth-order valence-electron chi connectivity index (χ4n) is 1.86. The lowest BCUT2D eigenvalue weighted by Gasteiger charge is -2.29.